The number of rotatable bonds is 5. The average molecular weight is 454 g/mol. The number of sulfone groups is 1. The van der Waals surface area contributed by atoms with Crippen molar-refractivity contribution in [2.75, 3.05) is 12.3 Å². The molecule has 168 valence electrons. The van der Waals surface area contributed by atoms with E-state index in [0.29, 0.717) is 0 Å². The molecule has 0 atom stereocenters. The van der Waals surface area contributed by atoms with Gasteiger partial charge in [0.15, 0.2) is 21.5 Å². The molecule has 31 heavy (non-hydrogen) atoms. The number of ether oxygens (including phenoxy) is 1. The molecule has 0 bridgehead atoms. The molecular weight excluding hydrogens is 430 g/mol. The Hall–Kier alpha value is -2.79. The van der Waals surface area contributed by atoms with Crippen LogP contribution in [0.3, 0.4) is 0 Å². The first-order valence-electron chi connectivity index (χ1n) is 9.34. The van der Waals surface area contributed by atoms with Crippen LogP contribution in [0.5, 0.6) is 5.75 Å². The molecule has 0 radical (unpaired) electrons. The molecule has 0 aromatic carbocycles. The number of imidazole rings is 1. The van der Waals surface area contributed by atoms with Gasteiger partial charge in [-0.05, 0) is 40.7 Å². The van der Waals surface area contributed by atoms with Gasteiger partial charge >= 0.3 is 0 Å². The Bertz CT molecular complexity index is 1260. The number of hydrogen-bond acceptors (Lipinski definition) is 7. The van der Waals surface area contributed by atoms with Crippen molar-refractivity contribution >= 4 is 21.3 Å². The zero-order valence-electron chi connectivity index (χ0n) is 17.8. The van der Waals surface area contributed by atoms with Gasteiger partial charge in [0.2, 0.25) is 5.95 Å². The minimum absolute atomic E-state index is 0.0104. The van der Waals surface area contributed by atoms with Crippen molar-refractivity contribution in [1.82, 2.24) is 14.4 Å². The average Bonchev–Trinajstić information content (AvgIpc) is 3.03. The number of nitrogen functional groups attached to an aromatic ring is 1. The molecule has 3 aromatic heterocycles. The van der Waals surface area contributed by atoms with Gasteiger partial charge in [-0.3, -0.25) is 4.40 Å². The molecule has 3 N–H and O–H groups in total. The van der Waals surface area contributed by atoms with E-state index in [1.165, 1.54) is 57.5 Å². The number of pyridine rings is 2. The topological polar surface area (TPSA) is 120 Å². The summed E-state index contributed by atoms with van der Waals surface area (Å²) < 4.78 is 60.6. The van der Waals surface area contributed by atoms with E-state index in [1.54, 1.807) is 0 Å². The van der Waals surface area contributed by atoms with Crippen LogP contribution in [0.25, 0.3) is 16.9 Å². The maximum absolute atomic E-state index is 14.4. The van der Waals surface area contributed by atoms with Gasteiger partial charge in [-0.1, -0.05) is 0 Å². The Morgan fingerprint density at radius 3 is 2.42 bits per heavy atom. The maximum atomic E-state index is 14.4. The second kappa shape index (κ2) is 7.41. The van der Waals surface area contributed by atoms with Crippen molar-refractivity contribution in [3.63, 3.8) is 0 Å². The van der Waals surface area contributed by atoms with E-state index in [2.05, 4.69) is 9.97 Å². The molecule has 0 aliphatic heterocycles. The smallest absolute Gasteiger partial charge is 0.224 e. The van der Waals surface area contributed by atoms with E-state index in [9.17, 15) is 22.3 Å². The van der Waals surface area contributed by atoms with E-state index < -0.39 is 37.8 Å². The summed E-state index contributed by atoms with van der Waals surface area (Å²) in [5.41, 5.74) is 4.17. The molecule has 0 saturated heterocycles. The van der Waals surface area contributed by atoms with Crippen molar-refractivity contribution in [3.8, 4) is 17.0 Å². The molecule has 0 aliphatic rings. The van der Waals surface area contributed by atoms with E-state index in [-0.39, 0.29) is 34.2 Å². The van der Waals surface area contributed by atoms with Crippen LogP contribution in [0.4, 0.5) is 14.6 Å². The number of fused-ring (bicyclic) bond motifs is 1. The number of halogens is 2. The fraction of sp³-hybridized carbons (Fsp3) is 0.400. The van der Waals surface area contributed by atoms with Gasteiger partial charge < -0.3 is 15.6 Å². The Kier molecular flexibility index (Phi) is 5.47. The van der Waals surface area contributed by atoms with E-state index >= 15 is 0 Å². The summed E-state index contributed by atoms with van der Waals surface area (Å²) in [6.07, 6.45) is 2.50. The van der Waals surface area contributed by atoms with E-state index in [1.807, 2.05) is 0 Å². The number of hydrogen-bond donors (Lipinski definition) is 2. The van der Waals surface area contributed by atoms with Crippen molar-refractivity contribution < 1.29 is 27.0 Å². The highest BCUT2D eigenvalue weighted by molar-refractivity contribution is 7.92. The standard InChI is InChI=1S/C20H24F2N4O4S/c1-19(2,3)31(28,29)15-9-26-13(11-6-12(21)18(23)25-17(11)22)8-24-16(26)7-14(15)30-10-20(4,5)27/h6-9,27H,10H2,1-5H3,(H2,23,25). The third-order valence-electron chi connectivity index (χ3n) is 4.48. The predicted molar refractivity (Wildman–Crippen MR) is 111 cm³/mol. The third kappa shape index (κ3) is 4.33. The SMILES string of the molecule is CC(C)(O)COc1cc2ncc(-c3cc(F)c(N)nc3F)n2cc1S(=O)(=O)C(C)(C)C. The highest BCUT2D eigenvalue weighted by Gasteiger charge is 2.35. The highest BCUT2D eigenvalue weighted by Crippen LogP contribution is 2.35. The van der Waals surface area contributed by atoms with Gasteiger partial charge in [0, 0.05) is 12.3 Å². The first kappa shape index (κ1) is 22.9. The number of aliphatic hydroxyl groups is 1. The summed E-state index contributed by atoms with van der Waals surface area (Å²) in [4.78, 5) is 7.32. The summed E-state index contributed by atoms with van der Waals surface area (Å²) in [5.74, 6) is -2.54. The Balaban J connectivity index is 2.28. The van der Waals surface area contributed by atoms with Crippen LogP contribution in [0, 0.1) is 11.8 Å². The summed E-state index contributed by atoms with van der Waals surface area (Å²) in [6, 6.07) is 2.24. The molecule has 0 aliphatic carbocycles. The van der Waals surface area contributed by atoms with Gasteiger partial charge in [0.1, 0.15) is 22.9 Å². The molecule has 0 saturated carbocycles. The molecule has 3 aromatic rings. The minimum Gasteiger partial charge on any atom is -0.489 e. The molecule has 0 unspecified atom stereocenters. The fourth-order valence-corrected chi connectivity index (χ4v) is 4.03. The zero-order valence-corrected chi connectivity index (χ0v) is 18.6. The minimum atomic E-state index is -3.93. The largest absolute Gasteiger partial charge is 0.489 e. The summed E-state index contributed by atoms with van der Waals surface area (Å²) in [6.45, 7) is 7.44. The van der Waals surface area contributed by atoms with Gasteiger partial charge in [0.05, 0.1) is 27.8 Å². The lowest BCUT2D eigenvalue weighted by molar-refractivity contribution is 0.0274. The van der Waals surface area contributed by atoms with Gasteiger partial charge in [-0.15, -0.1) is 0 Å². The molecule has 0 fully saturated rings. The predicted octanol–water partition coefficient (Wildman–Crippen LogP) is 2.98. The van der Waals surface area contributed by atoms with Crippen molar-refractivity contribution in [2.45, 2.75) is 49.9 Å². The third-order valence-corrected chi connectivity index (χ3v) is 6.98. The van der Waals surface area contributed by atoms with Crippen molar-refractivity contribution in [3.05, 3.63) is 36.3 Å². The lowest BCUT2D eigenvalue weighted by atomic mass is 10.2. The number of anilines is 1. The zero-order chi connectivity index (χ0) is 23.4. The van der Waals surface area contributed by atoms with E-state index in [0.717, 1.165) is 6.07 Å². The van der Waals surface area contributed by atoms with Gasteiger partial charge in [-0.2, -0.15) is 9.37 Å². The van der Waals surface area contributed by atoms with Crippen molar-refractivity contribution in [1.29, 1.82) is 0 Å². The van der Waals surface area contributed by atoms with Crippen LogP contribution < -0.4 is 10.5 Å². The molecule has 0 amide bonds. The summed E-state index contributed by atoms with van der Waals surface area (Å²) in [5, 5.41) is 9.99. The van der Waals surface area contributed by atoms with Crippen LogP contribution in [0.1, 0.15) is 34.6 Å². The monoisotopic (exact) mass is 454 g/mol. The lowest BCUT2D eigenvalue weighted by Crippen LogP contribution is -2.31. The number of aromatic nitrogens is 3. The van der Waals surface area contributed by atoms with Crippen LogP contribution in [-0.2, 0) is 9.84 Å². The number of nitrogens with zero attached hydrogens (tertiary/aromatic N) is 3. The molecule has 8 nitrogen and oxygen atoms in total. The van der Waals surface area contributed by atoms with Crippen LogP contribution in [0.2, 0.25) is 0 Å². The van der Waals surface area contributed by atoms with Crippen molar-refractivity contribution in [2.24, 2.45) is 0 Å². The normalized spacial score (nSPS) is 13.0. The molecule has 11 heteroatoms. The second-order valence-corrected chi connectivity index (χ2v) is 11.5. The molecule has 0 spiro atoms. The fourth-order valence-electron chi connectivity index (χ4n) is 2.74. The molecule has 3 heterocycles. The Morgan fingerprint density at radius 1 is 1.19 bits per heavy atom. The highest BCUT2D eigenvalue weighted by atomic mass is 32.2. The number of nitrogens with two attached hydrogens (primary N) is 1. The first-order chi connectivity index (χ1) is 14.1. The van der Waals surface area contributed by atoms with Gasteiger partial charge in [0.25, 0.3) is 0 Å². The summed E-state index contributed by atoms with van der Waals surface area (Å²) in [7, 11) is -3.93. The molecular formula is C20H24F2N4O4S. The maximum Gasteiger partial charge on any atom is 0.224 e. The van der Waals surface area contributed by atoms with Crippen LogP contribution in [0.15, 0.2) is 29.4 Å². The first-order valence-corrected chi connectivity index (χ1v) is 10.8. The quantitative estimate of drug-likeness (QED) is 0.569. The van der Waals surface area contributed by atoms with Gasteiger partial charge in [-0.25, -0.2) is 17.8 Å². The van der Waals surface area contributed by atoms with E-state index in [4.69, 9.17) is 10.5 Å². The summed E-state index contributed by atoms with van der Waals surface area (Å²) >= 11 is 0. The van der Waals surface area contributed by atoms with Crippen LogP contribution in [-0.4, -0.2) is 44.8 Å². The lowest BCUT2D eigenvalue weighted by Gasteiger charge is -2.24. The Morgan fingerprint density at radius 2 is 1.84 bits per heavy atom. The van der Waals surface area contributed by atoms with Crippen LogP contribution >= 0.6 is 0 Å². The Labute approximate surface area is 178 Å². The molecule has 3 rings (SSSR count). The second-order valence-electron chi connectivity index (χ2n) is 8.78.